The van der Waals surface area contributed by atoms with Crippen LogP contribution in [-0.4, -0.2) is 13.6 Å². The second-order valence-corrected chi connectivity index (χ2v) is 6.04. The lowest BCUT2D eigenvalue weighted by Crippen LogP contribution is -2.24. The molecule has 1 radical (unpaired) electrons. The summed E-state index contributed by atoms with van der Waals surface area (Å²) in [5, 5.41) is 0. The van der Waals surface area contributed by atoms with Gasteiger partial charge in [0.25, 0.3) is 0 Å². The minimum atomic E-state index is 0.370. The Bertz CT molecular complexity index is 374. The molecule has 0 aliphatic carbocycles. The summed E-state index contributed by atoms with van der Waals surface area (Å²) in [4.78, 5) is 2.34. The quantitative estimate of drug-likeness (QED) is 0.692. The fraction of sp³-hybridized carbons (Fsp3) is 0.533. The summed E-state index contributed by atoms with van der Waals surface area (Å²) in [6.45, 7) is 8.03. The zero-order valence-corrected chi connectivity index (χ0v) is 10.9. The highest BCUT2D eigenvalue weighted by Gasteiger charge is 2.16. The standard InChI is InChI=1S/C15H22N/c1-15(2,3)11-12-7-8-14-13(10-12)6-5-9-16(14)4/h6-8,10H,5,9,11H2,1-4H3. The highest BCUT2D eigenvalue weighted by molar-refractivity contribution is 5.59. The molecule has 1 aromatic rings. The smallest absolute Gasteiger partial charge is 0.0399 e. The molecule has 0 spiro atoms. The summed E-state index contributed by atoms with van der Waals surface area (Å²) >= 11 is 0. The molecule has 0 saturated heterocycles. The maximum atomic E-state index is 2.36. The molecule has 1 aliphatic rings. The first-order valence-corrected chi connectivity index (χ1v) is 6.13. The van der Waals surface area contributed by atoms with Gasteiger partial charge in [-0.25, -0.2) is 0 Å². The summed E-state index contributed by atoms with van der Waals surface area (Å²) < 4.78 is 0. The molecule has 0 bridgehead atoms. The van der Waals surface area contributed by atoms with Crippen LogP contribution in [0, 0.1) is 11.8 Å². The van der Waals surface area contributed by atoms with Crippen molar-refractivity contribution in [1.82, 2.24) is 0 Å². The van der Waals surface area contributed by atoms with E-state index in [0.717, 1.165) is 13.0 Å². The molecular weight excluding hydrogens is 194 g/mol. The van der Waals surface area contributed by atoms with E-state index < -0.39 is 0 Å². The van der Waals surface area contributed by atoms with Gasteiger partial charge in [0.1, 0.15) is 0 Å². The van der Waals surface area contributed by atoms with Gasteiger partial charge >= 0.3 is 0 Å². The van der Waals surface area contributed by atoms with Gasteiger partial charge in [-0.1, -0.05) is 32.9 Å². The molecular formula is C15H22N. The predicted molar refractivity (Wildman–Crippen MR) is 70.9 cm³/mol. The molecule has 2 rings (SSSR count). The van der Waals surface area contributed by atoms with Gasteiger partial charge in [0.2, 0.25) is 0 Å². The van der Waals surface area contributed by atoms with E-state index in [0.29, 0.717) is 5.41 Å². The summed E-state index contributed by atoms with van der Waals surface area (Å²) in [6.07, 6.45) is 4.68. The van der Waals surface area contributed by atoms with Crippen LogP contribution in [-0.2, 0) is 6.42 Å². The van der Waals surface area contributed by atoms with E-state index in [2.05, 4.69) is 57.3 Å². The lowest BCUT2D eigenvalue weighted by Gasteiger charge is -2.28. The lowest BCUT2D eigenvalue weighted by molar-refractivity contribution is 0.411. The lowest BCUT2D eigenvalue weighted by atomic mass is 9.86. The first kappa shape index (κ1) is 11.5. The Morgan fingerprint density at radius 2 is 2.00 bits per heavy atom. The molecule has 1 nitrogen and oxygen atoms in total. The third-order valence-corrected chi connectivity index (χ3v) is 3.07. The van der Waals surface area contributed by atoms with E-state index in [4.69, 9.17) is 0 Å². The average Bonchev–Trinajstić information content (AvgIpc) is 2.15. The number of rotatable bonds is 1. The zero-order valence-electron chi connectivity index (χ0n) is 10.9. The van der Waals surface area contributed by atoms with Crippen molar-refractivity contribution in [1.29, 1.82) is 0 Å². The van der Waals surface area contributed by atoms with Crippen LogP contribution >= 0.6 is 0 Å². The van der Waals surface area contributed by atoms with Crippen molar-refractivity contribution in [2.24, 2.45) is 5.41 Å². The monoisotopic (exact) mass is 216 g/mol. The van der Waals surface area contributed by atoms with Gasteiger partial charge in [-0.15, -0.1) is 0 Å². The molecule has 1 heteroatoms. The Labute approximate surface area is 99.5 Å². The minimum absolute atomic E-state index is 0.370. The largest absolute Gasteiger partial charge is 0.374 e. The first-order valence-electron chi connectivity index (χ1n) is 6.13. The summed E-state index contributed by atoms with van der Waals surface area (Å²) in [7, 11) is 2.18. The van der Waals surface area contributed by atoms with Crippen LogP contribution in [0.25, 0.3) is 0 Å². The van der Waals surface area contributed by atoms with Crippen molar-refractivity contribution in [3.8, 4) is 0 Å². The molecule has 0 amide bonds. The Morgan fingerprint density at radius 1 is 1.25 bits per heavy atom. The number of hydrogen-bond acceptors (Lipinski definition) is 1. The van der Waals surface area contributed by atoms with Crippen LogP contribution in [0.4, 0.5) is 5.69 Å². The molecule has 0 atom stereocenters. The Morgan fingerprint density at radius 3 is 2.69 bits per heavy atom. The molecule has 1 aromatic carbocycles. The van der Waals surface area contributed by atoms with Crippen LogP contribution in [0.15, 0.2) is 18.2 Å². The number of nitrogens with zero attached hydrogens (tertiary/aromatic N) is 1. The van der Waals surface area contributed by atoms with Crippen molar-refractivity contribution < 1.29 is 0 Å². The normalized spacial score (nSPS) is 16.1. The Balaban J connectivity index is 2.25. The van der Waals surface area contributed by atoms with Gasteiger partial charge in [-0.2, -0.15) is 0 Å². The van der Waals surface area contributed by atoms with Crippen molar-refractivity contribution >= 4 is 5.69 Å². The van der Waals surface area contributed by atoms with Crippen molar-refractivity contribution in [3.05, 3.63) is 35.7 Å². The van der Waals surface area contributed by atoms with E-state index in [1.165, 1.54) is 23.2 Å². The molecule has 0 aromatic heterocycles. The fourth-order valence-electron chi connectivity index (χ4n) is 2.37. The molecule has 0 N–H and O–H groups in total. The number of anilines is 1. The van der Waals surface area contributed by atoms with Crippen LogP contribution < -0.4 is 4.90 Å². The maximum absolute atomic E-state index is 2.36. The molecule has 0 fully saturated rings. The van der Waals surface area contributed by atoms with E-state index in [1.54, 1.807) is 0 Å². The van der Waals surface area contributed by atoms with E-state index in [-0.39, 0.29) is 0 Å². The summed E-state index contributed by atoms with van der Waals surface area (Å²) in [5.41, 5.74) is 4.62. The highest BCUT2D eigenvalue weighted by Crippen LogP contribution is 2.30. The summed E-state index contributed by atoms with van der Waals surface area (Å²) in [6, 6.07) is 6.90. The van der Waals surface area contributed by atoms with Crippen LogP contribution in [0.3, 0.4) is 0 Å². The van der Waals surface area contributed by atoms with Crippen LogP contribution in [0.2, 0.25) is 0 Å². The van der Waals surface area contributed by atoms with Gasteiger partial charge < -0.3 is 4.90 Å². The third kappa shape index (κ3) is 2.58. The topological polar surface area (TPSA) is 3.24 Å². The summed E-state index contributed by atoms with van der Waals surface area (Å²) in [5.74, 6) is 0. The second-order valence-electron chi connectivity index (χ2n) is 6.04. The number of benzene rings is 1. The van der Waals surface area contributed by atoms with Gasteiger partial charge in [-0.3, -0.25) is 0 Å². The van der Waals surface area contributed by atoms with Crippen molar-refractivity contribution in [2.45, 2.75) is 33.6 Å². The minimum Gasteiger partial charge on any atom is -0.374 e. The third-order valence-electron chi connectivity index (χ3n) is 3.07. The van der Waals surface area contributed by atoms with Crippen LogP contribution in [0.5, 0.6) is 0 Å². The SMILES string of the molecule is CN1CC[CH]c2cc(CC(C)(C)C)ccc21. The molecule has 0 saturated carbocycles. The van der Waals surface area contributed by atoms with E-state index >= 15 is 0 Å². The van der Waals surface area contributed by atoms with Gasteiger partial charge in [0, 0.05) is 19.3 Å². The van der Waals surface area contributed by atoms with Gasteiger partial charge in [0.15, 0.2) is 0 Å². The molecule has 16 heavy (non-hydrogen) atoms. The first-order chi connectivity index (χ1) is 7.46. The van der Waals surface area contributed by atoms with Crippen molar-refractivity contribution in [2.75, 3.05) is 18.5 Å². The average molecular weight is 216 g/mol. The predicted octanol–water partition coefficient (Wildman–Crippen LogP) is 3.67. The van der Waals surface area contributed by atoms with E-state index in [1.807, 2.05) is 0 Å². The van der Waals surface area contributed by atoms with Crippen LogP contribution in [0.1, 0.15) is 38.3 Å². The molecule has 1 heterocycles. The molecule has 0 unspecified atom stereocenters. The number of fused-ring (bicyclic) bond motifs is 1. The maximum Gasteiger partial charge on any atom is 0.0399 e. The highest BCUT2D eigenvalue weighted by atomic mass is 15.1. The molecule has 87 valence electrons. The zero-order chi connectivity index (χ0) is 11.8. The van der Waals surface area contributed by atoms with Gasteiger partial charge in [0.05, 0.1) is 0 Å². The Hall–Kier alpha value is -0.980. The molecule has 1 aliphatic heterocycles. The van der Waals surface area contributed by atoms with Crippen molar-refractivity contribution in [3.63, 3.8) is 0 Å². The van der Waals surface area contributed by atoms with Gasteiger partial charge in [-0.05, 0) is 41.9 Å². The number of hydrogen-bond donors (Lipinski definition) is 0. The Kier molecular flexibility index (Phi) is 2.96. The fourth-order valence-corrected chi connectivity index (χ4v) is 2.37. The van der Waals surface area contributed by atoms with E-state index in [9.17, 15) is 0 Å². The second kappa shape index (κ2) is 4.12.